The van der Waals surface area contributed by atoms with E-state index in [1.165, 1.54) is 12.5 Å². The summed E-state index contributed by atoms with van der Waals surface area (Å²) in [6.45, 7) is 2.23. The van der Waals surface area contributed by atoms with Crippen LogP contribution in [-0.4, -0.2) is 17.0 Å². The number of hydrogen-bond acceptors (Lipinski definition) is 3. The zero-order chi connectivity index (χ0) is 13.9. The van der Waals surface area contributed by atoms with Gasteiger partial charge in [0.05, 0.1) is 6.54 Å². The summed E-state index contributed by atoms with van der Waals surface area (Å²) in [4.78, 5) is 22.8. The lowest BCUT2D eigenvalue weighted by molar-refractivity contribution is -0.132. The molecule has 1 heterocycles. The first-order valence-corrected chi connectivity index (χ1v) is 6.62. The number of aromatic carboxylic acids is 1. The van der Waals surface area contributed by atoms with Gasteiger partial charge in [-0.05, 0) is 25.0 Å². The first-order valence-electron chi connectivity index (χ1n) is 6.62. The molecule has 1 aromatic rings. The fourth-order valence-corrected chi connectivity index (χ4v) is 2.53. The van der Waals surface area contributed by atoms with Gasteiger partial charge in [-0.15, -0.1) is 0 Å². The molecule has 1 aliphatic rings. The first-order chi connectivity index (χ1) is 9.01. The van der Waals surface area contributed by atoms with E-state index in [4.69, 9.17) is 9.52 Å². The van der Waals surface area contributed by atoms with Crippen LogP contribution in [0.15, 0.2) is 16.5 Å². The SMILES string of the molecule is CC1(C(=O)NCc2ccc(C(=O)O)o2)CCCCC1. The molecule has 0 spiro atoms. The number of carboxylic acids is 1. The Labute approximate surface area is 112 Å². The van der Waals surface area contributed by atoms with Crippen LogP contribution < -0.4 is 5.32 Å². The van der Waals surface area contributed by atoms with Crippen molar-refractivity contribution in [3.05, 3.63) is 23.7 Å². The molecule has 1 aromatic heterocycles. The number of carbonyl (C=O) groups is 2. The predicted octanol–water partition coefficient (Wildman–Crippen LogP) is 2.56. The second-order valence-electron chi connectivity index (χ2n) is 5.38. The van der Waals surface area contributed by atoms with Crippen molar-refractivity contribution in [2.45, 2.75) is 45.6 Å². The van der Waals surface area contributed by atoms with Gasteiger partial charge in [0.25, 0.3) is 0 Å². The lowest BCUT2D eigenvalue weighted by Crippen LogP contribution is -2.39. The number of furan rings is 1. The molecule has 1 amide bonds. The Balaban J connectivity index is 1.90. The zero-order valence-corrected chi connectivity index (χ0v) is 11.1. The van der Waals surface area contributed by atoms with Crippen LogP contribution in [0.1, 0.15) is 55.3 Å². The molecule has 1 aliphatic carbocycles. The van der Waals surface area contributed by atoms with Crippen LogP contribution in [0.3, 0.4) is 0 Å². The summed E-state index contributed by atoms with van der Waals surface area (Å²) in [5, 5.41) is 11.6. The van der Waals surface area contributed by atoms with Crippen molar-refractivity contribution in [3.8, 4) is 0 Å². The van der Waals surface area contributed by atoms with Crippen molar-refractivity contribution in [3.63, 3.8) is 0 Å². The molecule has 1 saturated carbocycles. The van der Waals surface area contributed by atoms with E-state index in [-0.39, 0.29) is 23.6 Å². The minimum atomic E-state index is -1.10. The predicted molar refractivity (Wildman–Crippen MR) is 68.7 cm³/mol. The molecule has 0 unspecified atom stereocenters. The van der Waals surface area contributed by atoms with Crippen LogP contribution in [0.4, 0.5) is 0 Å². The van der Waals surface area contributed by atoms with E-state index in [0.29, 0.717) is 5.76 Å². The minimum absolute atomic E-state index is 0.0282. The van der Waals surface area contributed by atoms with Crippen LogP contribution in [0.25, 0.3) is 0 Å². The highest BCUT2D eigenvalue weighted by atomic mass is 16.4. The van der Waals surface area contributed by atoms with E-state index in [1.807, 2.05) is 6.92 Å². The molecule has 0 radical (unpaired) electrons. The van der Waals surface area contributed by atoms with Gasteiger partial charge in [0, 0.05) is 5.41 Å². The first kappa shape index (κ1) is 13.6. The molecule has 0 aromatic carbocycles. The fourth-order valence-electron chi connectivity index (χ4n) is 2.53. The standard InChI is InChI=1S/C14H19NO4/c1-14(7-3-2-4-8-14)13(18)15-9-10-5-6-11(19-10)12(16)17/h5-6H,2-4,7-9H2,1H3,(H,15,18)(H,16,17). The maximum Gasteiger partial charge on any atom is 0.371 e. The second-order valence-corrected chi connectivity index (χ2v) is 5.38. The van der Waals surface area contributed by atoms with Gasteiger partial charge in [0.2, 0.25) is 11.7 Å². The Morgan fingerprint density at radius 2 is 2.00 bits per heavy atom. The molecule has 5 nitrogen and oxygen atoms in total. The van der Waals surface area contributed by atoms with Gasteiger partial charge in [-0.25, -0.2) is 4.79 Å². The van der Waals surface area contributed by atoms with Crippen LogP contribution in [0.5, 0.6) is 0 Å². The second kappa shape index (κ2) is 5.47. The highest BCUT2D eigenvalue weighted by molar-refractivity contribution is 5.84. The van der Waals surface area contributed by atoms with Crippen LogP contribution >= 0.6 is 0 Å². The molecule has 0 atom stereocenters. The lowest BCUT2D eigenvalue weighted by atomic mass is 9.75. The lowest BCUT2D eigenvalue weighted by Gasteiger charge is -2.31. The summed E-state index contributed by atoms with van der Waals surface area (Å²) in [6.07, 6.45) is 5.21. The summed E-state index contributed by atoms with van der Waals surface area (Å²) in [7, 11) is 0. The molecule has 1 fully saturated rings. The molecule has 104 valence electrons. The van der Waals surface area contributed by atoms with Gasteiger partial charge >= 0.3 is 5.97 Å². The summed E-state index contributed by atoms with van der Waals surface area (Å²) in [5.74, 6) is -0.712. The molecule has 0 saturated heterocycles. The third-order valence-corrected chi connectivity index (χ3v) is 3.80. The van der Waals surface area contributed by atoms with Crippen molar-refractivity contribution in [1.82, 2.24) is 5.32 Å². The van der Waals surface area contributed by atoms with Gasteiger partial charge in [0.1, 0.15) is 5.76 Å². The molecule has 19 heavy (non-hydrogen) atoms. The van der Waals surface area contributed by atoms with Crippen molar-refractivity contribution < 1.29 is 19.1 Å². The average Bonchev–Trinajstić information content (AvgIpc) is 2.85. The van der Waals surface area contributed by atoms with E-state index in [1.54, 1.807) is 6.07 Å². The van der Waals surface area contributed by atoms with E-state index >= 15 is 0 Å². The molecular weight excluding hydrogens is 246 g/mol. The zero-order valence-electron chi connectivity index (χ0n) is 11.1. The maximum atomic E-state index is 12.2. The van der Waals surface area contributed by atoms with Crippen molar-refractivity contribution in [2.24, 2.45) is 5.41 Å². The molecule has 5 heteroatoms. The number of carboxylic acid groups (broad SMARTS) is 1. The molecule has 2 N–H and O–H groups in total. The van der Waals surface area contributed by atoms with E-state index in [2.05, 4.69) is 5.32 Å². The Hall–Kier alpha value is -1.78. The maximum absolute atomic E-state index is 12.2. The summed E-state index contributed by atoms with van der Waals surface area (Å²) in [6, 6.07) is 2.97. The van der Waals surface area contributed by atoms with E-state index in [0.717, 1.165) is 25.7 Å². The van der Waals surface area contributed by atoms with Gasteiger partial charge in [-0.2, -0.15) is 0 Å². The van der Waals surface area contributed by atoms with Gasteiger partial charge < -0.3 is 14.8 Å². The quantitative estimate of drug-likeness (QED) is 0.876. The Bertz CT molecular complexity index is 472. The van der Waals surface area contributed by atoms with Gasteiger partial charge in [0.15, 0.2) is 0 Å². The van der Waals surface area contributed by atoms with Crippen LogP contribution in [-0.2, 0) is 11.3 Å². The van der Waals surface area contributed by atoms with E-state index in [9.17, 15) is 9.59 Å². The molecule has 0 aliphatic heterocycles. The topological polar surface area (TPSA) is 79.5 Å². The molecule has 0 bridgehead atoms. The van der Waals surface area contributed by atoms with Gasteiger partial charge in [-0.1, -0.05) is 26.2 Å². The Morgan fingerprint density at radius 1 is 1.32 bits per heavy atom. The number of hydrogen-bond donors (Lipinski definition) is 2. The van der Waals surface area contributed by atoms with Crippen molar-refractivity contribution >= 4 is 11.9 Å². The monoisotopic (exact) mass is 265 g/mol. The summed E-state index contributed by atoms with van der Waals surface area (Å²) in [5.41, 5.74) is -0.291. The minimum Gasteiger partial charge on any atom is -0.475 e. The third kappa shape index (κ3) is 3.16. The smallest absolute Gasteiger partial charge is 0.371 e. The van der Waals surface area contributed by atoms with Crippen LogP contribution in [0, 0.1) is 5.41 Å². The third-order valence-electron chi connectivity index (χ3n) is 3.80. The van der Waals surface area contributed by atoms with Gasteiger partial charge in [-0.3, -0.25) is 4.79 Å². The normalized spacial score (nSPS) is 17.9. The highest BCUT2D eigenvalue weighted by Crippen LogP contribution is 2.35. The average molecular weight is 265 g/mol. The Morgan fingerprint density at radius 3 is 2.58 bits per heavy atom. The summed E-state index contributed by atoms with van der Waals surface area (Å²) >= 11 is 0. The van der Waals surface area contributed by atoms with E-state index < -0.39 is 5.97 Å². The number of nitrogens with one attached hydrogen (secondary N) is 1. The fraction of sp³-hybridized carbons (Fsp3) is 0.571. The largest absolute Gasteiger partial charge is 0.475 e. The number of amides is 1. The van der Waals surface area contributed by atoms with Crippen molar-refractivity contribution in [1.29, 1.82) is 0 Å². The Kier molecular flexibility index (Phi) is 3.93. The highest BCUT2D eigenvalue weighted by Gasteiger charge is 2.34. The number of carbonyl (C=O) groups excluding carboxylic acids is 1. The molecule has 2 rings (SSSR count). The van der Waals surface area contributed by atoms with Crippen molar-refractivity contribution in [2.75, 3.05) is 0 Å². The van der Waals surface area contributed by atoms with Crippen LogP contribution in [0.2, 0.25) is 0 Å². The number of rotatable bonds is 4. The summed E-state index contributed by atoms with van der Waals surface area (Å²) < 4.78 is 5.10. The molecular formula is C14H19NO4.